The quantitative estimate of drug-likeness (QED) is 0.828. The first-order valence-electron chi connectivity index (χ1n) is 8.66. The second-order valence-electron chi connectivity index (χ2n) is 6.63. The van der Waals surface area contributed by atoms with Crippen LogP contribution in [-0.2, 0) is 6.42 Å². The molecule has 3 rings (SSSR count). The third-order valence-corrected chi connectivity index (χ3v) is 4.15. The van der Waals surface area contributed by atoms with Crippen molar-refractivity contribution >= 4 is 0 Å². The molecule has 134 valence electrons. The number of nitrogens with one attached hydrogen (secondary N) is 1. The van der Waals surface area contributed by atoms with Gasteiger partial charge in [0.25, 0.3) is 0 Å². The van der Waals surface area contributed by atoms with Crippen molar-refractivity contribution in [2.24, 2.45) is 10.9 Å². The fraction of sp³-hybridized carbons (Fsp3) is 0.400. The van der Waals surface area contributed by atoms with Crippen molar-refractivity contribution in [3.63, 3.8) is 0 Å². The summed E-state index contributed by atoms with van der Waals surface area (Å²) >= 11 is 0. The number of hydrogen-bond donors (Lipinski definition) is 2. The van der Waals surface area contributed by atoms with Crippen LogP contribution in [0.15, 0.2) is 53.7 Å². The van der Waals surface area contributed by atoms with Crippen LogP contribution >= 0.6 is 0 Å². The number of rotatable bonds is 4. The van der Waals surface area contributed by atoms with Gasteiger partial charge >= 0.3 is 0 Å². The second-order valence-corrected chi connectivity index (χ2v) is 6.63. The predicted octanol–water partition coefficient (Wildman–Crippen LogP) is 3.89. The van der Waals surface area contributed by atoms with Crippen LogP contribution in [0.3, 0.4) is 0 Å². The van der Waals surface area contributed by atoms with E-state index in [4.69, 9.17) is 5.73 Å². The normalized spacial score (nSPS) is 19.4. The Morgan fingerprint density at radius 2 is 1.84 bits per heavy atom. The summed E-state index contributed by atoms with van der Waals surface area (Å²) in [6.07, 6.45) is 1.96. The molecule has 0 aliphatic carbocycles. The second kappa shape index (κ2) is 9.39. The van der Waals surface area contributed by atoms with Crippen LogP contribution in [0, 0.1) is 10.7 Å². The molecule has 0 aromatic heterocycles. The molecule has 25 heavy (non-hydrogen) atoms. The Kier molecular flexibility index (Phi) is 7.22. The van der Waals surface area contributed by atoms with Crippen LogP contribution < -0.4 is 11.1 Å². The Labute approximate surface area is 148 Å². The monoisotopic (exact) mass is 343 g/mol. The van der Waals surface area contributed by atoms with E-state index in [1.807, 2.05) is 18.2 Å². The van der Waals surface area contributed by atoms with Gasteiger partial charge in [-0.05, 0) is 62.1 Å². The zero-order valence-corrected chi connectivity index (χ0v) is 14.8. The number of nitrogens with two attached hydrogens (primary N) is 1. The van der Waals surface area contributed by atoms with Crippen LogP contribution in [-0.4, -0.2) is 24.7 Å². The Morgan fingerprint density at radius 3 is 2.40 bits per heavy atom. The van der Waals surface area contributed by atoms with E-state index in [-0.39, 0.29) is 17.9 Å². The van der Waals surface area contributed by atoms with Gasteiger partial charge in [0.05, 0.1) is 6.04 Å². The first-order chi connectivity index (χ1) is 12.0. The van der Waals surface area contributed by atoms with E-state index in [0.29, 0.717) is 6.04 Å². The Bertz CT molecular complexity index is 690. The molecule has 1 saturated heterocycles. The van der Waals surface area contributed by atoms with Gasteiger partial charge in [0.1, 0.15) is 5.82 Å². The molecule has 0 radical (unpaired) electrons. The maximum Gasteiger partial charge on any atom is 0.123 e. The minimum absolute atomic E-state index is 0.0463. The predicted molar refractivity (Wildman–Crippen MR) is 101 cm³/mol. The molecule has 4 nitrogen and oxygen atoms in total. The van der Waals surface area contributed by atoms with E-state index in [9.17, 15) is 9.30 Å². The molecular formula is C20H26FN3O. The molecule has 1 aliphatic heterocycles. The lowest BCUT2D eigenvalue weighted by Crippen LogP contribution is -2.37. The lowest BCUT2D eigenvalue weighted by molar-refractivity contribution is 0.539. The molecule has 2 aromatic rings. The summed E-state index contributed by atoms with van der Waals surface area (Å²) in [6, 6.07) is 15.5. The van der Waals surface area contributed by atoms with Gasteiger partial charge in [-0.3, -0.25) is 0 Å². The van der Waals surface area contributed by atoms with Gasteiger partial charge in [-0.15, -0.1) is 0 Å². The Morgan fingerprint density at radius 1 is 1.20 bits per heavy atom. The molecule has 2 aromatic carbocycles. The van der Waals surface area contributed by atoms with E-state index in [1.165, 1.54) is 11.6 Å². The van der Waals surface area contributed by atoms with Crippen molar-refractivity contribution in [2.75, 3.05) is 6.54 Å². The number of hydrogen-bond acceptors (Lipinski definition) is 4. The molecule has 5 heteroatoms. The topological polar surface area (TPSA) is 67.5 Å². The SMILES string of the molecule is CC(C)N=O.NC1CCNC1Cc1cccc(-c2cccc(F)c2)c1. The fourth-order valence-corrected chi connectivity index (χ4v) is 2.81. The number of halogens is 1. The maximum absolute atomic E-state index is 13.3. The highest BCUT2D eigenvalue weighted by molar-refractivity contribution is 5.64. The summed E-state index contributed by atoms with van der Waals surface area (Å²) in [5.74, 6) is -0.201. The van der Waals surface area contributed by atoms with E-state index in [2.05, 4.69) is 22.6 Å². The molecule has 3 N–H and O–H groups in total. The van der Waals surface area contributed by atoms with Gasteiger partial charge in [0.15, 0.2) is 0 Å². The highest BCUT2D eigenvalue weighted by Gasteiger charge is 2.23. The summed E-state index contributed by atoms with van der Waals surface area (Å²) in [5.41, 5.74) is 9.28. The van der Waals surface area contributed by atoms with Crippen LogP contribution in [0.1, 0.15) is 25.8 Å². The van der Waals surface area contributed by atoms with Crippen molar-refractivity contribution in [3.05, 3.63) is 64.8 Å². The van der Waals surface area contributed by atoms with E-state index < -0.39 is 0 Å². The Hall–Kier alpha value is -2.11. The van der Waals surface area contributed by atoms with Crippen molar-refractivity contribution in [2.45, 2.75) is 44.8 Å². The molecule has 0 spiro atoms. The standard InChI is InChI=1S/C17H19FN2.C3H7NO/c18-15-6-2-5-14(11-15)13-4-1-3-12(9-13)10-17-16(19)7-8-20-17;1-3(2)4-5/h1-6,9,11,16-17,20H,7-8,10,19H2;3H,1-2H3. The third kappa shape index (κ3) is 6.03. The molecule has 0 saturated carbocycles. The molecule has 1 aliphatic rings. The number of nitroso groups, excluding NO2 is 1. The van der Waals surface area contributed by atoms with E-state index >= 15 is 0 Å². The lowest BCUT2D eigenvalue weighted by Gasteiger charge is -2.16. The zero-order valence-electron chi connectivity index (χ0n) is 14.8. The van der Waals surface area contributed by atoms with Crippen LogP contribution in [0.2, 0.25) is 0 Å². The fourth-order valence-electron chi connectivity index (χ4n) is 2.81. The summed E-state index contributed by atoms with van der Waals surface area (Å²) in [4.78, 5) is 9.25. The molecular weight excluding hydrogens is 317 g/mol. The highest BCUT2D eigenvalue weighted by atomic mass is 19.1. The minimum atomic E-state index is -0.201. The molecule has 1 fully saturated rings. The van der Waals surface area contributed by atoms with Gasteiger partial charge in [-0.1, -0.05) is 41.6 Å². The summed E-state index contributed by atoms with van der Waals surface area (Å²) in [7, 11) is 0. The molecule has 2 atom stereocenters. The number of benzene rings is 2. The maximum atomic E-state index is 13.3. The van der Waals surface area contributed by atoms with Crippen molar-refractivity contribution in [3.8, 4) is 11.1 Å². The van der Waals surface area contributed by atoms with Gasteiger partial charge in [-0.2, -0.15) is 4.91 Å². The summed E-state index contributed by atoms with van der Waals surface area (Å²) < 4.78 is 13.3. The van der Waals surface area contributed by atoms with Crippen LogP contribution in [0.4, 0.5) is 4.39 Å². The Balaban J connectivity index is 0.000000399. The number of nitrogens with zero attached hydrogens (tertiary/aromatic N) is 1. The zero-order chi connectivity index (χ0) is 18.2. The largest absolute Gasteiger partial charge is 0.326 e. The van der Waals surface area contributed by atoms with Gasteiger partial charge in [0.2, 0.25) is 0 Å². The van der Waals surface area contributed by atoms with Crippen LogP contribution in [0.25, 0.3) is 11.1 Å². The van der Waals surface area contributed by atoms with Gasteiger partial charge in [-0.25, -0.2) is 4.39 Å². The molecule has 0 amide bonds. The van der Waals surface area contributed by atoms with Gasteiger partial charge < -0.3 is 11.1 Å². The van der Waals surface area contributed by atoms with Crippen molar-refractivity contribution in [1.82, 2.24) is 5.32 Å². The first kappa shape index (κ1) is 19.2. The van der Waals surface area contributed by atoms with E-state index in [1.54, 1.807) is 26.0 Å². The summed E-state index contributed by atoms with van der Waals surface area (Å²) in [6.45, 7) is 4.48. The average molecular weight is 343 g/mol. The molecule has 0 bridgehead atoms. The lowest BCUT2D eigenvalue weighted by atomic mass is 9.97. The van der Waals surface area contributed by atoms with Crippen molar-refractivity contribution < 1.29 is 4.39 Å². The van der Waals surface area contributed by atoms with Gasteiger partial charge in [0, 0.05) is 12.1 Å². The van der Waals surface area contributed by atoms with Crippen LogP contribution in [0.5, 0.6) is 0 Å². The average Bonchev–Trinajstić information content (AvgIpc) is 3.00. The molecule has 2 unspecified atom stereocenters. The third-order valence-electron chi connectivity index (χ3n) is 4.15. The van der Waals surface area contributed by atoms with Crippen molar-refractivity contribution in [1.29, 1.82) is 0 Å². The first-order valence-corrected chi connectivity index (χ1v) is 8.66. The highest BCUT2D eigenvalue weighted by Crippen LogP contribution is 2.22. The minimum Gasteiger partial charge on any atom is -0.326 e. The smallest absolute Gasteiger partial charge is 0.123 e. The summed E-state index contributed by atoms with van der Waals surface area (Å²) in [5, 5.41) is 6.08. The van der Waals surface area contributed by atoms with E-state index in [0.717, 1.165) is 30.5 Å². The molecule has 1 heterocycles.